The molecule has 0 spiro atoms. The van der Waals surface area contributed by atoms with E-state index in [4.69, 9.17) is 0 Å². The molecule has 0 aliphatic heterocycles. The zero-order valence-electron chi connectivity index (χ0n) is 12.6. The molecular formula is C16H16N4O3. The van der Waals surface area contributed by atoms with Crippen molar-refractivity contribution in [2.75, 3.05) is 6.54 Å². The Labute approximate surface area is 133 Å². The van der Waals surface area contributed by atoms with Crippen LogP contribution in [0, 0.1) is 10.1 Å². The first-order chi connectivity index (χ1) is 11.1. The summed E-state index contributed by atoms with van der Waals surface area (Å²) in [6.07, 6.45) is 2.53. The minimum Gasteiger partial charge on any atom is -0.507 e. The van der Waals surface area contributed by atoms with Gasteiger partial charge in [-0.15, -0.1) is 0 Å². The van der Waals surface area contributed by atoms with Crippen molar-refractivity contribution in [3.05, 3.63) is 58.1 Å². The zero-order chi connectivity index (χ0) is 16.7. The van der Waals surface area contributed by atoms with Gasteiger partial charge in [0.1, 0.15) is 5.75 Å². The molecule has 2 aromatic carbocycles. The Bertz CT molecular complexity index is 739. The molecule has 0 aliphatic carbocycles. The smallest absolute Gasteiger partial charge is 0.269 e. The van der Waals surface area contributed by atoms with E-state index in [1.165, 1.54) is 30.3 Å². The van der Waals surface area contributed by atoms with Gasteiger partial charge in [-0.3, -0.25) is 15.1 Å². The summed E-state index contributed by atoms with van der Waals surface area (Å²) in [5, 5.41) is 28.4. The van der Waals surface area contributed by atoms with Crippen LogP contribution in [0.3, 0.4) is 0 Å². The van der Waals surface area contributed by atoms with E-state index in [0.29, 0.717) is 23.5 Å². The van der Waals surface area contributed by atoms with Crippen LogP contribution >= 0.6 is 0 Å². The minimum absolute atomic E-state index is 0.00278. The maximum atomic E-state index is 10.6. The quantitative estimate of drug-likeness (QED) is 0.366. The van der Waals surface area contributed by atoms with Gasteiger partial charge in [0.05, 0.1) is 16.3 Å². The lowest BCUT2D eigenvalue weighted by molar-refractivity contribution is -0.384. The Kier molecular flexibility index (Phi) is 5.51. The summed E-state index contributed by atoms with van der Waals surface area (Å²) in [6.45, 7) is 2.71. The molecule has 7 nitrogen and oxygen atoms in total. The van der Waals surface area contributed by atoms with Crippen molar-refractivity contribution in [3.63, 3.8) is 0 Å². The summed E-state index contributed by atoms with van der Waals surface area (Å²) in [7, 11) is 0. The standard InChI is InChI=1S/C16H16N4O3/c1-2-9-17-11-12-10-14(5-8-16(12)21)19-18-13-3-6-15(7-4-13)20(22)23/h3-8,10-11,21H,2,9H2,1H3. The van der Waals surface area contributed by atoms with E-state index in [1.807, 2.05) is 6.92 Å². The van der Waals surface area contributed by atoms with Gasteiger partial charge in [0.2, 0.25) is 0 Å². The molecule has 118 valence electrons. The van der Waals surface area contributed by atoms with Gasteiger partial charge in [-0.25, -0.2) is 0 Å². The van der Waals surface area contributed by atoms with Crippen LogP contribution in [0.2, 0.25) is 0 Å². The number of aliphatic imine (C=N–C) groups is 1. The van der Waals surface area contributed by atoms with E-state index in [2.05, 4.69) is 15.2 Å². The first-order valence-electron chi connectivity index (χ1n) is 7.09. The van der Waals surface area contributed by atoms with E-state index < -0.39 is 4.92 Å². The molecule has 0 amide bonds. The Morgan fingerprint density at radius 2 is 1.78 bits per heavy atom. The summed E-state index contributed by atoms with van der Waals surface area (Å²) in [6, 6.07) is 10.6. The fraction of sp³-hybridized carbons (Fsp3) is 0.188. The molecule has 0 aliphatic rings. The number of hydrogen-bond acceptors (Lipinski definition) is 6. The average Bonchev–Trinajstić information content (AvgIpc) is 2.56. The molecular weight excluding hydrogens is 296 g/mol. The molecule has 0 fully saturated rings. The Morgan fingerprint density at radius 3 is 2.43 bits per heavy atom. The number of phenols is 1. The first-order valence-corrected chi connectivity index (χ1v) is 7.09. The van der Waals surface area contributed by atoms with Gasteiger partial charge in [0, 0.05) is 30.5 Å². The summed E-state index contributed by atoms with van der Waals surface area (Å²) in [5.41, 5.74) is 1.63. The van der Waals surface area contributed by atoms with Crippen molar-refractivity contribution in [2.24, 2.45) is 15.2 Å². The number of nitro benzene ring substituents is 1. The largest absolute Gasteiger partial charge is 0.507 e. The highest BCUT2D eigenvalue weighted by Crippen LogP contribution is 2.25. The summed E-state index contributed by atoms with van der Waals surface area (Å²) < 4.78 is 0. The van der Waals surface area contributed by atoms with Crippen molar-refractivity contribution in [1.82, 2.24) is 0 Å². The third-order valence-corrected chi connectivity index (χ3v) is 2.94. The van der Waals surface area contributed by atoms with Crippen LogP contribution in [0.5, 0.6) is 5.75 Å². The van der Waals surface area contributed by atoms with E-state index in [0.717, 1.165) is 6.42 Å². The second-order valence-corrected chi connectivity index (χ2v) is 4.75. The molecule has 2 aromatic rings. The lowest BCUT2D eigenvalue weighted by Gasteiger charge is -2.00. The fourth-order valence-corrected chi connectivity index (χ4v) is 1.76. The number of phenolic OH excluding ortho intramolecular Hbond substituents is 1. The molecule has 0 atom stereocenters. The van der Waals surface area contributed by atoms with Crippen molar-refractivity contribution in [1.29, 1.82) is 0 Å². The fourth-order valence-electron chi connectivity index (χ4n) is 1.76. The summed E-state index contributed by atoms with van der Waals surface area (Å²) in [5.74, 6) is 0.124. The molecule has 23 heavy (non-hydrogen) atoms. The topological polar surface area (TPSA) is 100 Å². The maximum Gasteiger partial charge on any atom is 0.269 e. The molecule has 0 aromatic heterocycles. The molecule has 0 heterocycles. The summed E-state index contributed by atoms with van der Waals surface area (Å²) in [4.78, 5) is 14.3. The Balaban J connectivity index is 2.15. The lowest BCUT2D eigenvalue weighted by atomic mass is 10.2. The second-order valence-electron chi connectivity index (χ2n) is 4.75. The molecule has 1 N–H and O–H groups in total. The highest BCUT2D eigenvalue weighted by atomic mass is 16.6. The maximum absolute atomic E-state index is 10.6. The molecule has 0 unspecified atom stereocenters. The van der Waals surface area contributed by atoms with E-state index in [-0.39, 0.29) is 11.4 Å². The van der Waals surface area contributed by atoms with Crippen LogP contribution < -0.4 is 0 Å². The summed E-state index contributed by atoms with van der Waals surface area (Å²) >= 11 is 0. The first kappa shape index (κ1) is 16.3. The molecule has 0 saturated heterocycles. The van der Waals surface area contributed by atoms with Gasteiger partial charge >= 0.3 is 0 Å². The van der Waals surface area contributed by atoms with Crippen LogP contribution in [0.4, 0.5) is 17.1 Å². The van der Waals surface area contributed by atoms with Gasteiger partial charge in [0.25, 0.3) is 5.69 Å². The number of aromatic hydroxyl groups is 1. The lowest BCUT2D eigenvalue weighted by Crippen LogP contribution is -1.85. The van der Waals surface area contributed by atoms with Crippen LogP contribution in [0.1, 0.15) is 18.9 Å². The normalized spacial score (nSPS) is 11.3. The Morgan fingerprint density at radius 1 is 1.13 bits per heavy atom. The Hall–Kier alpha value is -3.09. The zero-order valence-corrected chi connectivity index (χ0v) is 12.6. The van der Waals surface area contributed by atoms with Crippen molar-refractivity contribution >= 4 is 23.3 Å². The highest BCUT2D eigenvalue weighted by Gasteiger charge is 2.03. The van der Waals surface area contributed by atoms with E-state index in [9.17, 15) is 15.2 Å². The third-order valence-electron chi connectivity index (χ3n) is 2.94. The predicted octanol–water partition coefficient (Wildman–Crippen LogP) is 4.54. The number of non-ortho nitro benzene ring substituents is 1. The van der Waals surface area contributed by atoms with Gasteiger partial charge in [-0.2, -0.15) is 10.2 Å². The molecule has 7 heteroatoms. The minimum atomic E-state index is -0.469. The van der Waals surface area contributed by atoms with Crippen LogP contribution in [0.15, 0.2) is 57.7 Å². The van der Waals surface area contributed by atoms with Crippen LogP contribution in [-0.4, -0.2) is 22.8 Å². The SMILES string of the molecule is CCCN=Cc1cc(N=Nc2ccc([N+](=O)[O-])cc2)ccc1O. The van der Waals surface area contributed by atoms with Crippen LogP contribution in [0.25, 0.3) is 0 Å². The third kappa shape index (κ3) is 4.70. The number of nitro groups is 1. The van der Waals surface area contributed by atoms with Crippen LogP contribution in [-0.2, 0) is 0 Å². The molecule has 0 bridgehead atoms. The number of nitrogens with zero attached hydrogens (tertiary/aromatic N) is 4. The monoisotopic (exact) mass is 312 g/mol. The predicted molar refractivity (Wildman–Crippen MR) is 88.1 cm³/mol. The van der Waals surface area contributed by atoms with Crippen molar-refractivity contribution < 1.29 is 10.0 Å². The highest BCUT2D eigenvalue weighted by molar-refractivity contribution is 5.84. The number of azo groups is 1. The van der Waals surface area contributed by atoms with Crippen molar-refractivity contribution in [2.45, 2.75) is 13.3 Å². The molecule has 0 radical (unpaired) electrons. The van der Waals surface area contributed by atoms with E-state index >= 15 is 0 Å². The van der Waals surface area contributed by atoms with Gasteiger partial charge < -0.3 is 5.11 Å². The number of rotatable bonds is 6. The van der Waals surface area contributed by atoms with Gasteiger partial charge in [-0.05, 0) is 36.8 Å². The average molecular weight is 312 g/mol. The molecule has 2 rings (SSSR count). The molecule has 0 saturated carbocycles. The van der Waals surface area contributed by atoms with Gasteiger partial charge in [0.15, 0.2) is 0 Å². The van der Waals surface area contributed by atoms with E-state index in [1.54, 1.807) is 18.3 Å². The van der Waals surface area contributed by atoms with Gasteiger partial charge in [-0.1, -0.05) is 6.92 Å². The second kappa shape index (κ2) is 7.79. The van der Waals surface area contributed by atoms with Crippen molar-refractivity contribution in [3.8, 4) is 5.75 Å². The number of benzene rings is 2. The number of hydrogen-bond donors (Lipinski definition) is 1.